The van der Waals surface area contributed by atoms with Crippen molar-refractivity contribution in [3.05, 3.63) is 48.3 Å². The van der Waals surface area contributed by atoms with Crippen LogP contribution in [0.15, 0.2) is 42.7 Å². The highest BCUT2D eigenvalue weighted by atomic mass is 35.5. The number of carbonyl (C=O) groups excluding carboxylic acids is 1. The fraction of sp³-hybridized carbons (Fsp3) is 0.375. The molecule has 22 heavy (non-hydrogen) atoms. The van der Waals surface area contributed by atoms with E-state index < -0.39 is 0 Å². The van der Waals surface area contributed by atoms with Gasteiger partial charge in [0.2, 0.25) is 5.91 Å². The Kier molecular flexibility index (Phi) is 5.21. The van der Waals surface area contributed by atoms with Gasteiger partial charge >= 0.3 is 0 Å². The third-order valence-corrected chi connectivity index (χ3v) is 4.10. The van der Waals surface area contributed by atoms with Gasteiger partial charge in [-0.3, -0.25) is 4.79 Å². The fourth-order valence-corrected chi connectivity index (χ4v) is 2.69. The molecule has 1 unspecified atom stereocenters. The molecule has 2 heterocycles. The maximum Gasteiger partial charge on any atom is 0.227 e. The lowest BCUT2D eigenvalue weighted by molar-refractivity contribution is -0.129. The van der Waals surface area contributed by atoms with Crippen LogP contribution in [0.4, 0.5) is 0 Å². The summed E-state index contributed by atoms with van der Waals surface area (Å²) in [7, 11) is 0. The summed E-state index contributed by atoms with van der Waals surface area (Å²) in [4.78, 5) is 12.4. The van der Waals surface area contributed by atoms with Crippen LogP contribution >= 0.6 is 12.4 Å². The van der Waals surface area contributed by atoms with E-state index in [9.17, 15) is 4.79 Å². The van der Waals surface area contributed by atoms with Crippen molar-refractivity contribution in [1.82, 2.24) is 20.4 Å². The van der Waals surface area contributed by atoms with Gasteiger partial charge in [0.25, 0.3) is 0 Å². The van der Waals surface area contributed by atoms with Gasteiger partial charge in [0.05, 0.1) is 11.1 Å². The SMILES string of the molecule is CC1(C(=O)NCc2ccccc2-n2cccn2)CCNC1.Cl. The highest BCUT2D eigenvalue weighted by molar-refractivity contribution is 5.85. The van der Waals surface area contributed by atoms with Gasteiger partial charge in [0, 0.05) is 25.5 Å². The Morgan fingerprint density at radius 2 is 2.23 bits per heavy atom. The minimum absolute atomic E-state index is 0. The minimum atomic E-state index is -0.291. The van der Waals surface area contributed by atoms with Crippen LogP contribution in [0.2, 0.25) is 0 Å². The molecule has 0 saturated carbocycles. The first kappa shape index (κ1) is 16.5. The van der Waals surface area contributed by atoms with Crippen molar-refractivity contribution in [2.45, 2.75) is 19.9 Å². The van der Waals surface area contributed by atoms with Gasteiger partial charge in [-0.25, -0.2) is 4.68 Å². The maximum atomic E-state index is 12.4. The second-order valence-electron chi connectivity index (χ2n) is 5.75. The zero-order valence-electron chi connectivity index (χ0n) is 12.6. The number of nitrogens with one attached hydrogen (secondary N) is 2. The molecule has 3 rings (SSSR count). The Morgan fingerprint density at radius 1 is 1.41 bits per heavy atom. The summed E-state index contributed by atoms with van der Waals surface area (Å²) in [5, 5.41) is 10.6. The van der Waals surface area contributed by atoms with E-state index in [2.05, 4.69) is 15.7 Å². The summed E-state index contributed by atoms with van der Waals surface area (Å²) in [6.07, 6.45) is 4.54. The van der Waals surface area contributed by atoms with E-state index in [4.69, 9.17) is 0 Å². The molecule has 1 amide bonds. The molecule has 1 aromatic carbocycles. The number of para-hydroxylation sites is 1. The number of nitrogens with zero attached hydrogens (tertiary/aromatic N) is 2. The summed E-state index contributed by atoms with van der Waals surface area (Å²) in [5.74, 6) is 0.114. The van der Waals surface area contributed by atoms with E-state index in [1.807, 2.05) is 48.1 Å². The first-order valence-electron chi connectivity index (χ1n) is 7.26. The molecule has 0 bridgehead atoms. The summed E-state index contributed by atoms with van der Waals surface area (Å²) >= 11 is 0. The number of carbonyl (C=O) groups is 1. The number of hydrogen-bond donors (Lipinski definition) is 2. The fourth-order valence-electron chi connectivity index (χ4n) is 2.69. The first-order chi connectivity index (χ1) is 10.2. The second-order valence-corrected chi connectivity index (χ2v) is 5.75. The summed E-state index contributed by atoms with van der Waals surface area (Å²) in [6, 6.07) is 9.87. The number of rotatable bonds is 4. The van der Waals surface area contributed by atoms with Gasteiger partial charge in [-0.2, -0.15) is 5.10 Å². The van der Waals surface area contributed by atoms with Crippen LogP contribution in [0, 0.1) is 5.41 Å². The Bertz CT molecular complexity index is 621. The standard InChI is InChI=1S/C16H20N4O.ClH/c1-16(7-9-17-12-16)15(21)18-11-13-5-2-3-6-14(13)20-10-4-8-19-20;/h2-6,8,10,17H,7,9,11-12H2,1H3,(H,18,21);1H. The van der Waals surface area contributed by atoms with E-state index in [1.165, 1.54) is 0 Å². The Balaban J connectivity index is 0.00000176. The summed E-state index contributed by atoms with van der Waals surface area (Å²) < 4.78 is 1.82. The van der Waals surface area contributed by atoms with Gasteiger partial charge in [-0.15, -0.1) is 12.4 Å². The zero-order valence-corrected chi connectivity index (χ0v) is 13.4. The maximum absolute atomic E-state index is 12.4. The molecule has 0 aliphatic carbocycles. The van der Waals surface area contributed by atoms with Gasteiger partial charge in [0.1, 0.15) is 0 Å². The van der Waals surface area contributed by atoms with Crippen molar-refractivity contribution < 1.29 is 4.79 Å². The molecule has 1 atom stereocenters. The number of benzene rings is 1. The highest BCUT2D eigenvalue weighted by Gasteiger charge is 2.35. The third-order valence-electron chi connectivity index (χ3n) is 4.10. The second kappa shape index (κ2) is 6.94. The molecule has 2 N–H and O–H groups in total. The molecule has 1 aliphatic rings. The highest BCUT2D eigenvalue weighted by Crippen LogP contribution is 2.24. The average Bonchev–Trinajstić information content (AvgIpc) is 3.17. The van der Waals surface area contributed by atoms with Crippen LogP contribution in [0.25, 0.3) is 5.69 Å². The van der Waals surface area contributed by atoms with Crippen LogP contribution in [0.3, 0.4) is 0 Å². The third kappa shape index (κ3) is 3.31. The van der Waals surface area contributed by atoms with Crippen LogP contribution in [-0.4, -0.2) is 28.8 Å². The Hall–Kier alpha value is -1.85. The smallest absolute Gasteiger partial charge is 0.227 e. The van der Waals surface area contributed by atoms with Crippen molar-refractivity contribution in [1.29, 1.82) is 0 Å². The van der Waals surface area contributed by atoms with Gasteiger partial charge in [0.15, 0.2) is 0 Å². The lowest BCUT2D eigenvalue weighted by Gasteiger charge is -2.22. The summed E-state index contributed by atoms with van der Waals surface area (Å²) in [5.41, 5.74) is 1.77. The molecule has 1 aromatic heterocycles. The lowest BCUT2D eigenvalue weighted by Crippen LogP contribution is -2.40. The molecular formula is C16H21ClN4O. The van der Waals surface area contributed by atoms with Crippen molar-refractivity contribution in [3.63, 3.8) is 0 Å². The van der Waals surface area contributed by atoms with Crippen LogP contribution in [0.5, 0.6) is 0 Å². The predicted molar refractivity (Wildman–Crippen MR) is 88.3 cm³/mol. The minimum Gasteiger partial charge on any atom is -0.351 e. The average molecular weight is 321 g/mol. The predicted octanol–water partition coefficient (Wildman–Crippen LogP) is 1.91. The molecule has 1 aliphatic heterocycles. The molecule has 2 aromatic rings. The number of halogens is 1. The molecule has 6 heteroatoms. The van der Waals surface area contributed by atoms with Crippen LogP contribution in [-0.2, 0) is 11.3 Å². The van der Waals surface area contributed by atoms with Crippen LogP contribution < -0.4 is 10.6 Å². The van der Waals surface area contributed by atoms with Crippen molar-refractivity contribution >= 4 is 18.3 Å². The van der Waals surface area contributed by atoms with Crippen molar-refractivity contribution in [3.8, 4) is 5.69 Å². The molecule has 0 spiro atoms. The summed E-state index contributed by atoms with van der Waals surface area (Å²) in [6.45, 7) is 4.19. The molecule has 1 fully saturated rings. The van der Waals surface area contributed by atoms with E-state index >= 15 is 0 Å². The molecule has 5 nitrogen and oxygen atoms in total. The topological polar surface area (TPSA) is 59.0 Å². The van der Waals surface area contributed by atoms with Gasteiger partial charge in [-0.1, -0.05) is 18.2 Å². The monoisotopic (exact) mass is 320 g/mol. The quantitative estimate of drug-likeness (QED) is 0.904. The van der Waals surface area contributed by atoms with E-state index in [-0.39, 0.29) is 23.7 Å². The van der Waals surface area contributed by atoms with Crippen molar-refractivity contribution in [2.75, 3.05) is 13.1 Å². The lowest BCUT2D eigenvalue weighted by atomic mass is 9.89. The van der Waals surface area contributed by atoms with Crippen molar-refractivity contribution in [2.24, 2.45) is 5.41 Å². The molecular weight excluding hydrogens is 300 g/mol. The molecule has 118 valence electrons. The Morgan fingerprint density at radius 3 is 2.91 bits per heavy atom. The first-order valence-corrected chi connectivity index (χ1v) is 7.26. The zero-order chi connectivity index (χ0) is 14.7. The van der Waals surface area contributed by atoms with Gasteiger partial charge in [-0.05, 0) is 37.6 Å². The molecule has 1 saturated heterocycles. The largest absolute Gasteiger partial charge is 0.351 e. The Labute approximate surface area is 136 Å². The van der Waals surface area contributed by atoms with E-state index in [0.29, 0.717) is 6.54 Å². The number of hydrogen-bond acceptors (Lipinski definition) is 3. The number of aromatic nitrogens is 2. The number of amides is 1. The van der Waals surface area contributed by atoms with Gasteiger partial charge < -0.3 is 10.6 Å². The molecule has 0 radical (unpaired) electrons. The van der Waals surface area contributed by atoms with E-state index in [0.717, 1.165) is 30.8 Å². The van der Waals surface area contributed by atoms with Crippen LogP contribution in [0.1, 0.15) is 18.9 Å². The normalized spacial score (nSPS) is 20.4. The van der Waals surface area contributed by atoms with E-state index in [1.54, 1.807) is 6.20 Å².